The van der Waals surface area contributed by atoms with Crippen molar-refractivity contribution < 1.29 is 18.3 Å². The molecule has 1 aromatic heterocycles. The lowest BCUT2D eigenvalue weighted by molar-refractivity contribution is -0.0511. The average Bonchev–Trinajstić information content (AvgIpc) is 2.38. The normalized spacial score (nSPS) is 10.5. The summed E-state index contributed by atoms with van der Waals surface area (Å²) in [5.74, 6) is 0.730. The highest BCUT2D eigenvalue weighted by molar-refractivity contribution is 5.61. The van der Waals surface area contributed by atoms with Gasteiger partial charge in [0.2, 0.25) is 0 Å². The largest absolute Gasteiger partial charge is 0.493 e. The zero-order valence-corrected chi connectivity index (χ0v) is 10.0. The van der Waals surface area contributed by atoms with E-state index in [-0.39, 0.29) is 17.3 Å². The van der Waals surface area contributed by atoms with Crippen LogP contribution >= 0.6 is 0 Å². The van der Waals surface area contributed by atoms with E-state index >= 15 is 0 Å². The van der Waals surface area contributed by atoms with Gasteiger partial charge < -0.3 is 15.2 Å². The molecule has 1 heterocycles. The number of nitrogens with two attached hydrogens (primary N) is 1. The van der Waals surface area contributed by atoms with Crippen molar-refractivity contribution in [3.63, 3.8) is 0 Å². The summed E-state index contributed by atoms with van der Waals surface area (Å²) in [4.78, 5) is 8.01. The lowest BCUT2D eigenvalue weighted by Gasteiger charge is -2.11. The number of benzene rings is 1. The Morgan fingerprint density at radius 3 is 2.63 bits per heavy atom. The van der Waals surface area contributed by atoms with Crippen LogP contribution < -0.4 is 15.2 Å². The fraction of sp³-hybridized carbons (Fsp3) is 0.167. The van der Waals surface area contributed by atoms with Gasteiger partial charge in [0.05, 0.1) is 7.11 Å². The van der Waals surface area contributed by atoms with E-state index in [1.165, 1.54) is 31.5 Å². The molecule has 0 atom stereocenters. The van der Waals surface area contributed by atoms with Crippen molar-refractivity contribution in [1.29, 1.82) is 0 Å². The van der Waals surface area contributed by atoms with Gasteiger partial charge in [-0.25, -0.2) is 9.97 Å². The van der Waals surface area contributed by atoms with Crippen LogP contribution in [0.25, 0.3) is 11.4 Å². The van der Waals surface area contributed by atoms with Crippen molar-refractivity contribution in [2.45, 2.75) is 6.61 Å². The van der Waals surface area contributed by atoms with Gasteiger partial charge in [0, 0.05) is 11.8 Å². The molecule has 7 heteroatoms. The van der Waals surface area contributed by atoms with E-state index in [9.17, 15) is 8.78 Å². The maximum atomic E-state index is 12.3. The van der Waals surface area contributed by atoms with Gasteiger partial charge in [-0.2, -0.15) is 8.78 Å². The van der Waals surface area contributed by atoms with Gasteiger partial charge >= 0.3 is 6.61 Å². The maximum Gasteiger partial charge on any atom is 0.387 e. The van der Waals surface area contributed by atoms with E-state index in [2.05, 4.69) is 14.7 Å². The number of rotatable bonds is 4. The summed E-state index contributed by atoms with van der Waals surface area (Å²) in [5.41, 5.74) is 6.05. The van der Waals surface area contributed by atoms with Gasteiger partial charge in [-0.1, -0.05) is 0 Å². The van der Waals surface area contributed by atoms with E-state index in [1.54, 1.807) is 6.07 Å². The molecule has 0 aliphatic heterocycles. The molecule has 0 saturated heterocycles. The van der Waals surface area contributed by atoms with Crippen LogP contribution in [-0.4, -0.2) is 23.7 Å². The molecule has 0 aliphatic carbocycles. The zero-order chi connectivity index (χ0) is 13.8. The predicted octanol–water partition coefficient (Wildman–Crippen LogP) is 2.34. The van der Waals surface area contributed by atoms with Gasteiger partial charge in [-0.3, -0.25) is 0 Å². The van der Waals surface area contributed by atoms with Crippen molar-refractivity contribution in [2.75, 3.05) is 12.8 Å². The smallest absolute Gasteiger partial charge is 0.387 e. The molecule has 0 amide bonds. The third kappa shape index (κ3) is 3.06. The topological polar surface area (TPSA) is 70.3 Å². The molecule has 19 heavy (non-hydrogen) atoms. The van der Waals surface area contributed by atoms with Crippen LogP contribution in [-0.2, 0) is 0 Å². The molecule has 2 rings (SSSR count). The van der Waals surface area contributed by atoms with Gasteiger partial charge in [0.15, 0.2) is 17.3 Å². The number of halogens is 2. The van der Waals surface area contributed by atoms with Crippen LogP contribution in [0, 0.1) is 0 Å². The molecule has 100 valence electrons. The van der Waals surface area contributed by atoms with Crippen molar-refractivity contribution in [3.8, 4) is 22.9 Å². The van der Waals surface area contributed by atoms with Crippen LogP contribution in [0.5, 0.6) is 11.5 Å². The standard InChI is InChI=1S/C12H11F2N3O2/c1-18-8-3-2-7(6-9(8)19-12(13)14)11-16-5-4-10(15)17-11/h2-6,12H,1H3,(H2,15,16,17). The monoisotopic (exact) mass is 267 g/mol. The molecule has 0 bridgehead atoms. The zero-order valence-electron chi connectivity index (χ0n) is 10.0. The molecule has 0 aliphatic rings. The van der Waals surface area contributed by atoms with E-state index < -0.39 is 6.61 Å². The number of hydrogen-bond donors (Lipinski definition) is 1. The summed E-state index contributed by atoms with van der Waals surface area (Å²) in [6, 6.07) is 6.04. The second-order valence-electron chi connectivity index (χ2n) is 3.55. The Morgan fingerprint density at radius 2 is 2.00 bits per heavy atom. The first-order valence-electron chi connectivity index (χ1n) is 5.32. The lowest BCUT2D eigenvalue weighted by Crippen LogP contribution is -2.04. The number of ether oxygens (including phenoxy) is 2. The summed E-state index contributed by atoms with van der Waals surface area (Å²) in [7, 11) is 1.37. The number of nitrogen functional groups attached to an aromatic ring is 1. The van der Waals surface area contributed by atoms with E-state index in [0.717, 1.165) is 0 Å². The molecule has 5 nitrogen and oxygen atoms in total. The number of nitrogens with zero attached hydrogens (tertiary/aromatic N) is 2. The lowest BCUT2D eigenvalue weighted by atomic mass is 10.2. The minimum atomic E-state index is -2.94. The molecule has 2 aromatic rings. The summed E-state index contributed by atoms with van der Waals surface area (Å²) in [6.45, 7) is -2.94. The average molecular weight is 267 g/mol. The number of hydrogen-bond acceptors (Lipinski definition) is 5. The maximum absolute atomic E-state index is 12.3. The third-order valence-corrected chi connectivity index (χ3v) is 2.31. The Kier molecular flexibility index (Phi) is 3.74. The summed E-state index contributed by atoms with van der Waals surface area (Å²) in [6.07, 6.45) is 1.48. The molecule has 0 radical (unpaired) electrons. The quantitative estimate of drug-likeness (QED) is 0.920. The summed E-state index contributed by atoms with van der Waals surface area (Å²) in [5, 5.41) is 0. The SMILES string of the molecule is COc1ccc(-c2nccc(N)n2)cc1OC(F)F. The molecular formula is C12H11F2N3O2. The van der Waals surface area contributed by atoms with Crippen molar-refractivity contribution >= 4 is 5.82 Å². The van der Waals surface area contributed by atoms with E-state index in [4.69, 9.17) is 10.5 Å². The molecule has 2 N–H and O–H groups in total. The summed E-state index contributed by atoms with van der Waals surface area (Å²) >= 11 is 0. The summed E-state index contributed by atoms with van der Waals surface area (Å²) < 4.78 is 33.9. The molecule has 0 unspecified atom stereocenters. The molecule has 0 saturated carbocycles. The van der Waals surface area contributed by atoms with Crippen molar-refractivity contribution in [3.05, 3.63) is 30.5 Å². The highest BCUT2D eigenvalue weighted by atomic mass is 19.3. The Labute approximate surface area is 108 Å². The molecule has 1 aromatic carbocycles. The number of alkyl halides is 2. The van der Waals surface area contributed by atoms with E-state index in [0.29, 0.717) is 11.4 Å². The highest BCUT2D eigenvalue weighted by Crippen LogP contribution is 2.32. The van der Waals surface area contributed by atoms with Crippen LogP contribution in [0.1, 0.15) is 0 Å². The number of aromatic nitrogens is 2. The second-order valence-corrected chi connectivity index (χ2v) is 3.55. The number of methoxy groups -OCH3 is 1. The molecule has 0 spiro atoms. The first kappa shape index (κ1) is 13.0. The molecular weight excluding hydrogens is 256 g/mol. The first-order valence-corrected chi connectivity index (χ1v) is 5.32. The van der Waals surface area contributed by atoms with E-state index in [1.807, 2.05) is 0 Å². The van der Waals surface area contributed by atoms with Crippen LogP contribution in [0.3, 0.4) is 0 Å². The predicted molar refractivity (Wildman–Crippen MR) is 65.1 cm³/mol. The Morgan fingerprint density at radius 1 is 1.21 bits per heavy atom. The van der Waals surface area contributed by atoms with Crippen molar-refractivity contribution in [1.82, 2.24) is 9.97 Å². The minimum absolute atomic E-state index is 0.0824. The van der Waals surface area contributed by atoms with Crippen LogP contribution in [0.2, 0.25) is 0 Å². The fourth-order valence-electron chi connectivity index (χ4n) is 1.52. The molecule has 0 fully saturated rings. The van der Waals surface area contributed by atoms with Crippen molar-refractivity contribution in [2.24, 2.45) is 0 Å². The third-order valence-electron chi connectivity index (χ3n) is 2.31. The fourth-order valence-corrected chi connectivity index (χ4v) is 1.52. The first-order chi connectivity index (χ1) is 9.10. The minimum Gasteiger partial charge on any atom is -0.493 e. The van der Waals surface area contributed by atoms with Gasteiger partial charge in [0.1, 0.15) is 5.82 Å². The Hall–Kier alpha value is -2.44. The van der Waals surface area contributed by atoms with Crippen LogP contribution in [0.4, 0.5) is 14.6 Å². The van der Waals surface area contributed by atoms with Gasteiger partial charge in [0.25, 0.3) is 0 Å². The van der Waals surface area contributed by atoms with Gasteiger partial charge in [-0.15, -0.1) is 0 Å². The number of anilines is 1. The Balaban J connectivity index is 2.42. The van der Waals surface area contributed by atoms with Gasteiger partial charge in [-0.05, 0) is 24.3 Å². The van der Waals surface area contributed by atoms with Crippen LogP contribution in [0.15, 0.2) is 30.5 Å². The Bertz CT molecular complexity index is 579. The second kappa shape index (κ2) is 5.47. The highest BCUT2D eigenvalue weighted by Gasteiger charge is 2.13.